The summed E-state index contributed by atoms with van der Waals surface area (Å²) in [6.45, 7) is 0.635. The molecule has 1 aromatic rings. The molecule has 1 aliphatic heterocycles. The van der Waals surface area contributed by atoms with Crippen molar-refractivity contribution in [1.82, 2.24) is 10.6 Å². The summed E-state index contributed by atoms with van der Waals surface area (Å²) in [5.74, 6) is 0.177. The number of piperidine rings is 1. The SMILES string of the molecule is COC(=O)C1CC(NC(=O)COc2ccc(I)cc2)CCN1. The van der Waals surface area contributed by atoms with E-state index >= 15 is 0 Å². The monoisotopic (exact) mass is 418 g/mol. The number of carbonyl (C=O) groups excluding carboxylic acids is 2. The van der Waals surface area contributed by atoms with E-state index in [1.54, 1.807) is 0 Å². The van der Waals surface area contributed by atoms with Crippen LogP contribution in [0.4, 0.5) is 0 Å². The Morgan fingerprint density at radius 2 is 2.09 bits per heavy atom. The van der Waals surface area contributed by atoms with Gasteiger partial charge in [-0.15, -0.1) is 0 Å². The second kappa shape index (κ2) is 8.33. The van der Waals surface area contributed by atoms with Gasteiger partial charge in [-0.05, 0) is 66.2 Å². The second-order valence-electron chi connectivity index (χ2n) is 5.06. The Labute approximate surface area is 143 Å². The van der Waals surface area contributed by atoms with Gasteiger partial charge in [0.05, 0.1) is 7.11 Å². The number of hydrogen-bond acceptors (Lipinski definition) is 5. The van der Waals surface area contributed by atoms with Crippen molar-refractivity contribution in [2.75, 3.05) is 20.3 Å². The number of ether oxygens (including phenoxy) is 2. The fourth-order valence-electron chi connectivity index (χ4n) is 2.32. The largest absolute Gasteiger partial charge is 0.484 e. The molecule has 1 aromatic carbocycles. The summed E-state index contributed by atoms with van der Waals surface area (Å²) in [7, 11) is 1.36. The Morgan fingerprint density at radius 3 is 2.77 bits per heavy atom. The van der Waals surface area contributed by atoms with Gasteiger partial charge in [-0.3, -0.25) is 9.59 Å². The normalized spacial score (nSPS) is 21.0. The second-order valence-corrected chi connectivity index (χ2v) is 6.31. The first kappa shape index (κ1) is 17.0. The average molecular weight is 418 g/mol. The molecule has 1 saturated heterocycles. The minimum atomic E-state index is -0.360. The quantitative estimate of drug-likeness (QED) is 0.553. The first-order valence-corrected chi connectivity index (χ1v) is 8.15. The van der Waals surface area contributed by atoms with E-state index in [0.717, 1.165) is 9.99 Å². The number of nitrogens with one attached hydrogen (secondary N) is 2. The number of methoxy groups -OCH3 is 1. The Bertz CT molecular complexity index is 521. The van der Waals surface area contributed by atoms with E-state index < -0.39 is 0 Å². The zero-order valence-corrected chi connectivity index (χ0v) is 14.5. The Hall–Kier alpha value is -1.35. The molecule has 0 aromatic heterocycles. The van der Waals surface area contributed by atoms with Gasteiger partial charge in [-0.2, -0.15) is 0 Å². The van der Waals surface area contributed by atoms with E-state index in [2.05, 4.69) is 33.2 Å². The molecule has 0 aliphatic carbocycles. The summed E-state index contributed by atoms with van der Waals surface area (Å²) in [6, 6.07) is 7.09. The molecule has 2 atom stereocenters. The van der Waals surface area contributed by atoms with Crippen LogP contribution in [0.1, 0.15) is 12.8 Å². The number of halogens is 1. The highest BCUT2D eigenvalue weighted by molar-refractivity contribution is 14.1. The number of rotatable bonds is 5. The van der Waals surface area contributed by atoms with Gasteiger partial charge in [-0.1, -0.05) is 0 Å². The van der Waals surface area contributed by atoms with E-state index in [-0.39, 0.29) is 30.6 Å². The highest BCUT2D eigenvalue weighted by Crippen LogP contribution is 2.13. The molecule has 0 bridgehead atoms. The van der Waals surface area contributed by atoms with Gasteiger partial charge in [-0.25, -0.2) is 0 Å². The van der Waals surface area contributed by atoms with Crippen LogP contribution in [-0.4, -0.2) is 44.2 Å². The van der Waals surface area contributed by atoms with E-state index in [1.165, 1.54) is 7.11 Å². The van der Waals surface area contributed by atoms with Crippen molar-refractivity contribution in [3.63, 3.8) is 0 Å². The fourth-order valence-corrected chi connectivity index (χ4v) is 2.68. The lowest BCUT2D eigenvalue weighted by Gasteiger charge is -2.29. The van der Waals surface area contributed by atoms with Crippen LogP contribution in [0.15, 0.2) is 24.3 Å². The minimum Gasteiger partial charge on any atom is -0.484 e. The van der Waals surface area contributed by atoms with Crippen LogP contribution in [-0.2, 0) is 14.3 Å². The van der Waals surface area contributed by atoms with E-state index in [9.17, 15) is 9.59 Å². The molecule has 2 unspecified atom stereocenters. The molecule has 1 heterocycles. The lowest BCUT2D eigenvalue weighted by atomic mass is 9.99. The van der Waals surface area contributed by atoms with Crippen LogP contribution in [0.3, 0.4) is 0 Å². The summed E-state index contributed by atoms with van der Waals surface area (Å²) in [5.41, 5.74) is 0. The van der Waals surface area contributed by atoms with Gasteiger partial charge < -0.3 is 20.1 Å². The number of amides is 1. The Morgan fingerprint density at radius 1 is 1.36 bits per heavy atom. The topological polar surface area (TPSA) is 76.7 Å². The minimum absolute atomic E-state index is 0.0343. The smallest absolute Gasteiger partial charge is 0.322 e. The third-order valence-corrected chi connectivity index (χ3v) is 4.16. The maximum absolute atomic E-state index is 11.9. The number of esters is 1. The van der Waals surface area contributed by atoms with Crippen molar-refractivity contribution < 1.29 is 19.1 Å². The molecular formula is C15H19IN2O4. The van der Waals surface area contributed by atoms with Gasteiger partial charge in [0.2, 0.25) is 0 Å². The summed E-state index contributed by atoms with van der Waals surface area (Å²) < 4.78 is 11.3. The molecule has 6 nitrogen and oxygen atoms in total. The molecule has 0 saturated carbocycles. The van der Waals surface area contributed by atoms with Gasteiger partial charge >= 0.3 is 5.97 Å². The number of benzene rings is 1. The standard InChI is InChI=1S/C15H19IN2O4/c1-21-15(20)13-8-11(6-7-17-13)18-14(19)9-22-12-4-2-10(16)3-5-12/h2-5,11,13,17H,6-9H2,1H3,(H,18,19). The number of carbonyl (C=O) groups is 2. The molecule has 0 spiro atoms. The number of hydrogen-bond donors (Lipinski definition) is 2. The summed E-state index contributed by atoms with van der Waals surface area (Å²) >= 11 is 2.21. The summed E-state index contributed by atoms with van der Waals surface area (Å²) in [4.78, 5) is 23.4. The summed E-state index contributed by atoms with van der Waals surface area (Å²) in [5, 5.41) is 5.97. The molecule has 2 rings (SSSR count). The molecule has 2 N–H and O–H groups in total. The predicted octanol–water partition coefficient (Wildman–Crippen LogP) is 1.08. The molecule has 22 heavy (non-hydrogen) atoms. The zero-order chi connectivity index (χ0) is 15.9. The first-order chi connectivity index (χ1) is 10.6. The Kier molecular flexibility index (Phi) is 6.44. The maximum Gasteiger partial charge on any atom is 0.322 e. The van der Waals surface area contributed by atoms with E-state index in [4.69, 9.17) is 9.47 Å². The van der Waals surface area contributed by atoms with Crippen molar-refractivity contribution in [1.29, 1.82) is 0 Å². The molecule has 7 heteroatoms. The summed E-state index contributed by atoms with van der Waals surface area (Å²) in [6.07, 6.45) is 1.31. The van der Waals surface area contributed by atoms with Crippen LogP contribution >= 0.6 is 22.6 Å². The van der Waals surface area contributed by atoms with Gasteiger partial charge in [0, 0.05) is 9.61 Å². The van der Waals surface area contributed by atoms with Crippen LogP contribution < -0.4 is 15.4 Å². The van der Waals surface area contributed by atoms with Gasteiger partial charge in [0.1, 0.15) is 11.8 Å². The third-order valence-electron chi connectivity index (χ3n) is 3.44. The fraction of sp³-hybridized carbons (Fsp3) is 0.467. The zero-order valence-electron chi connectivity index (χ0n) is 12.3. The molecule has 1 aliphatic rings. The molecule has 0 radical (unpaired) electrons. The van der Waals surface area contributed by atoms with Crippen LogP contribution in [0, 0.1) is 3.57 Å². The highest BCUT2D eigenvalue weighted by Gasteiger charge is 2.28. The Balaban J connectivity index is 1.76. The first-order valence-electron chi connectivity index (χ1n) is 7.07. The van der Waals surface area contributed by atoms with Crippen LogP contribution in [0.2, 0.25) is 0 Å². The van der Waals surface area contributed by atoms with Crippen molar-refractivity contribution in [2.45, 2.75) is 24.9 Å². The average Bonchev–Trinajstić information content (AvgIpc) is 2.54. The molecule has 120 valence electrons. The van der Waals surface area contributed by atoms with Crippen molar-refractivity contribution in [3.05, 3.63) is 27.8 Å². The van der Waals surface area contributed by atoms with E-state index in [0.29, 0.717) is 18.7 Å². The third kappa shape index (κ3) is 5.13. The predicted molar refractivity (Wildman–Crippen MR) is 89.6 cm³/mol. The van der Waals surface area contributed by atoms with Crippen LogP contribution in [0.25, 0.3) is 0 Å². The van der Waals surface area contributed by atoms with Crippen molar-refractivity contribution in [2.24, 2.45) is 0 Å². The van der Waals surface area contributed by atoms with Gasteiger partial charge in [0.15, 0.2) is 6.61 Å². The van der Waals surface area contributed by atoms with Gasteiger partial charge in [0.25, 0.3) is 5.91 Å². The lowest BCUT2D eigenvalue weighted by molar-refractivity contribution is -0.144. The van der Waals surface area contributed by atoms with E-state index in [1.807, 2.05) is 24.3 Å². The van der Waals surface area contributed by atoms with Crippen molar-refractivity contribution >= 4 is 34.5 Å². The molecule has 1 amide bonds. The van der Waals surface area contributed by atoms with Crippen molar-refractivity contribution in [3.8, 4) is 5.75 Å². The maximum atomic E-state index is 11.9. The molecular weight excluding hydrogens is 399 g/mol. The lowest BCUT2D eigenvalue weighted by Crippen LogP contribution is -2.51. The molecule has 1 fully saturated rings. The van der Waals surface area contributed by atoms with Crippen LogP contribution in [0.5, 0.6) is 5.75 Å². The highest BCUT2D eigenvalue weighted by atomic mass is 127.